The molecule has 0 spiro atoms. The molecule has 1 aliphatic heterocycles. The Labute approximate surface area is 97.3 Å². The number of nitrogens with zero attached hydrogens (tertiary/aromatic N) is 2. The topological polar surface area (TPSA) is 49.7 Å². The van der Waals surface area contributed by atoms with Crippen molar-refractivity contribution in [2.45, 2.75) is 65.0 Å². The third-order valence-corrected chi connectivity index (χ3v) is 4.53. The summed E-state index contributed by atoms with van der Waals surface area (Å²) in [6.07, 6.45) is 1.93. The van der Waals surface area contributed by atoms with Crippen molar-refractivity contribution in [3.63, 3.8) is 0 Å². The fourth-order valence-corrected chi connectivity index (χ4v) is 2.67. The molecular formula is C12H22N2O2. The van der Waals surface area contributed by atoms with E-state index in [1.807, 2.05) is 34.6 Å². The SMILES string of the molecule is CCC1(C)CC(=O)C(C)C(C)(CC)N1N=O. The van der Waals surface area contributed by atoms with E-state index >= 15 is 0 Å². The summed E-state index contributed by atoms with van der Waals surface area (Å²) in [5, 5.41) is 4.84. The minimum Gasteiger partial charge on any atom is -0.299 e. The van der Waals surface area contributed by atoms with E-state index in [0.717, 1.165) is 12.8 Å². The molecule has 1 fully saturated rings. The monoisotopic (exact) mass is 226 g/mol. The zero-order chi connectivity index (χ0) is 12.6. The van der Waals surface area contributed by atoms with E-state index in [9.17, 15) is 9.70 Å². The summed E-state index contributed by atoms with van der Waals surface area (Å²) in [5.41, 5.74) is -0.863. The van der Waals surface area contributed by atoms with Crippen LogP contribution in [0, 0.1) is 10.8 Å². The fourth-order valence-electron chi connectivity index (χ4n) is 2.67. The molecule has 0 aromatic carbocycles. The molecule has 4 nitrogen and oxygen atoms in total. The molecule has 0 saturated carbocycles. The lowest BCUT2D eigenvalue weighted by Crippen LogP contribution is -2.64. The maximum atomic E-state index is 12.0. The van der Waals surface area contributed by atoms with Gasteiger partial charge in [0.15, 0.2) is 0 Å². The number of carbonyl (C=O) groups is 1. The molecule has 92 valence electrons. The highest BCUT2D eigenvalue weighted by molar-refractivity contribution is 5.84. The van der Waals surface area contributed by atoms with Crippen LogP contribution in [0.1, 0.15) is 53.9 Å². The Kier molecular flexibility index (Phi) is 3.41. The first-order chi connectivity index (χ1) is 7.35. The number of hydrogen-bond donors (Lipinski definition) is 0. The maximum Gasteiger partial charge on any atom is 0.140 e. The van der Waals surface area contributed by atoms with Crippen molar-refractivity contribution >= 4 is 5.78 Å². The Balaban J connectivity index is 3.22. The highest BCUT2D eigenvalue weighted by Crippen LogP contribution is 2.43. The number of rotatable bonds is 3. The van der Waals surface area contributed by atoms with Gasteiger partial charge in [0, 0.05) is 12.3 Å². The van der Waals surface area contributed by atoms with Gasteiger partial charge in [-0.3, -0.25) is 4.79 Å². The van der Waals surface area contributed by atoms with Crippen LogP contribution in [-0.2, 0) is 4.79 Å². The molecule has 1 heterocycles. The van der Waals surface area contributed by atoms with Crippen LogP contribution < -0.4 is 0 Å². The maximum absolute atomic E-state index is 12.0. The van der Waals surface area contributed by atoms with Gasteiger partial charge < -0.3 is 0 Å². The summed E-state index contributed by atoms with van der Waals surface area (Å²) in [7, 11) is 0. The first-order valence-corrected chi connectivity index (χ1v) is 6.02. The van der Waals surface area contributed by atoms with Crippen LogP contribution in [-0.4, -0.2) is 21.9 Å². The van der Waals surface area contributed by atoms with Crippen LogP contribution in [0.2, 0.25) is 0 Å². The highest BCUT2D eigenvalue weighted by Gasteiger charge is 2.53. The van der Waals surface area contributed by atoms with Gasteiger partial charge in [-0.15, -0.1) is 4.91 Å². The van der Waals surface area contributed by atoms with Gasteiger partial charge in [0.05, 0.1) is 16.4 Å². The van der Waals surface area contributed by atoms with E-state index in [4.69, 9.17) is 0 Å². The molecular weight excluding hydrogens is 204 g/mol. The number of hydrogen-bond acceptors (Lipinski definition) is 3. The third kappa shape index (κ3) is 1.64. The smallest absolute Gasteiger partial charge is 0.140 e. The number of ketones is 1. The van der Waals surface area contributed by atoms with Crippen LogP contribution in [0.15, 0.2) is 5.29 Å². The molecule has 0 aromatic rings. The minimum atomic E-state index is -0.443. The van der Waals surface area contributed by atoms with E-state index in [0.29, 0.717) is 6.42 Å². The minimum absolute atomic E-state index is 0.130. The number of nitroso groups, excluding NO2 is 1. The Morgan fingerprint density at radius 2 is 1.94 bits per heavy atom. The summed E-state index contributed by atoms with van der Waals surface area (Å²) in [6, 6.07) is 0. The molecule has 0 N–H and O–H groups in total. The number of piperidine rings is 1. The molecule has 0 amide bonds. The average Bonchev–Trinajstić information content (AvgIpc) is 2.26. The van der Waals surface area contributed by atoms with E-state index in [-0.39, 0.29) is 11.7 Å². The van der Waals surface area contributed by atoms with Crippen LogP contribution in [0.3, 0.4) is 0 Å². The second kappa shape index (κ2) is 4.15. The van der Waals surface area contributed by atoms with Crippen molar-refractivity contribution in [3.05, 3.63) is 4.91 Å². The second-order valence-electron chi connectivity index (χ2n) is 5.32. The van der Waals surface area contributed by atoms with Gasteiger partial charge in [0.1, 0.15) is 5.78 Å². The van der Waals surface area contributed by atoms with Crippen molar-refractivity contribution in [1.29, 1.82) is 0 Å². The van der Waals surface area contributed by atoms with Crippen molar-refractivity contribution in [3.8, 4) is 0 Å². The molecule has 1 rings (SSSR count). The fraction of sp³-hybridized carbons (Fsp3) is 0.917. The molecule has 3 unspecified atom stereocenters. The summed E-state index contributed by atoms with van der Waals surface area (Å²) in [4.78, 5) is 23.2. The van der Waals surface area contributed by atoms with Crippen molar-refractivity contribution in [2.24, 2.45) is 11.2 Å². The van der Waals surface area contributed by atoms with E-state index < -0.39 is 11.1 Å². The Morgan fingerprint density at radius 3 is 2.31 bits per heavy atom. The highest BCUT2D eigenvalue weighted by atomic mass is 16.3. The van der Waals surface area contributed by atoms with Crippen LogP contribution >= 0.6 is 0 Å². The van der Waals surface area contributed by atoms with E-state index in [1.54, 1.807) is 5.01 Å². The molecule has 0 aromatic heterocycles. The first kappa shape index (κ1) is 13.1. The van der Waals surface area contributed by atoms with Crippen molar-refractivity contribution in [2.75, 3.05) is 0 Å². The third-order valence-electron chi connectivity index (χ3n) is 4.53. The number of Topliss-reactive ketones (excluding diaryl/α,β-unsaturated/α-hetero) is 1. The lowest BCUT2D eigenvalue weighted by molar-refractivity contribution is -0.146. The van der Waals surface area contributed by atoms with Gasteiger partial charge in [-0.25, -0.2) is 5.01 Å². The van der Waals surface area contributed by atoms with E-state index in [1.165, 1.54) is 0 Å². The van der Waals surface area contributed by atoms with Gasteiger partial charge >= 0.3 is 0 Å². The Bertz CT molecular complexity index is 305. The molecule has 16 heavy (non-hydrogen) atoms. The lowest BCUT2D eigenvalue weighted by atomic mass is 9.70. The van der Waals surface area contributed by atoms with E-state index in [2.05, 4.69) is 5.29 Å². The van der Waals surface area contributed by atoms with Crippen molar-refractivity contribution in [1.82, 2.24) is 5.01 Å². The van der Waals surface area contributed by atoms with Gasteiger partial charge in [0.2, 0.25) is 0 Å². The summed E-state index contributed by atoms with van der Waals surface area (Å²) < 4.78 is 0. The average molecular weight is 226 g/mol. The van der Waals surface area contributed by atoms with Crippen molar-refractivity contribution < 1.29 is 4.79 Å². The van der Waals surface area contributed by atoms with Crippen LogP contribution in [0.25, 0.3) is 0 Å². The van der Waals surface area contributed by atoms with Crippen LogP contribution in [0.4, 0.5) is 0 Å². The largest absolute Gasteiger partial charge is 0.299 e. The quantitative estimate of drug-likeness (QED) is 0.695. The predicted molar refractivity (Wildman–Crippen MR) is 63.8 cm³/mol. The molecule has 0 aliphatic carbocycles. The Hall–Kier alpha value is -0.930. The molecule has 1 saturated heterocycles. The van der Waals surface area contributed by atoms with Gasteiger partial charge in [-0.05, 0) is 26.7 Å². The number of carbonyl (C=O) groups excluding carboxylic acids is 1. The lowest BCUT2D eigenvalue weighted by Gasteiger charge is -2.53. The normalized spacial score (nSPS) is 39.9. The zero-order valence-electron chi connectivity index (χ0n) is 10.9. The predicted octanol–water partition coefficient (Wildman–Crippen LogP) is 2.92. The molecule has 0 radical (unpaired) electrons. The summed E-state index contributed by atoms with van der Waals surface area (Å²) in [6.45, 7) is 9.82. The van der Waals surface area contributed by atoms with Gasteiger partial charge in [0.25, 0.3) is 0 Å². The molecule has 4 heteroatoms. The molecule has 3 atom stereocenters. The van der Waals surface area contributed by atoms with Gasteiger partial charge in [-0.1, -0.05) is 20.8 Å². The Morgan fingerprint density at radius 1 is 1.38 bits per heavy atom. The molecule has 1 aliphatic rings. The standard InChI is InChI=1S/C12H22N2O2/c1-6-11(4)8-10(15)9(3)12(5,7-2)14(11)13-16/h9H,6-8H2,1-5H3. The first-order valence-electron chi connectivity index (χ1n) is 6.02. The zero-order valence-corrected chi connectivity index (χ0v) is 10.9. The van der Waals surface area contributed by atoms with Crippen LogP contribution in [0.5, 0.6) is 0 Å². The molecule has 0 bridgehead atoms. The summed E-state index contributed by atoms with van der Waals surface area (Å²) >= 11 is 0. The second-order valence-corrected chi connectivity index (χ2v) is 5.32. The van der Waals surface area contributed by atoms with Gasteiger partial charge in [-0.2, -0.15) is 0 Å². The summed E-state index contributed by atoms with van der Waals surface area (Å²) in [5.74, 6) is 0.114.